The largest absolute Gasteiger partial charge is 0.476 e. The maximum absolute atomic E-state index is 10.6. The second-order valence-electron chi connectivity index (χ2n) is 3.42. The van der Waals surface area contributed by atoms with E-state index in [4.69, 9.17) is 10.4 Å². The van der Waals surface area contributed by atoms with Crippen molar-refractivity contribution < 1.29 is 9.90 Å². The van der Waals surface area contributed by atoms with Crippen molar-refractivity contribution in [3.8, 4) is 6.07 Å². The molecule has 6 heteroatoms. The molecule has 0 amide bonds. The molecule has 2 aromatic rings. The van der Waals surface area contributed by atoms with Gasteiger partial charge in [-0.15, -0.1) is 5.10 Å². The third kappa shape index (κ3) is 2.46. The molecule has 0 spiro atoms. The number of nitrogens with zero attached hydrogens (tertiary/aromatic N) is 4. The van der Waals surface area contributed by atoms with Crippen molar-refractivity contribution in [3.05, 3.63) is 47.3 Å². The van der Waals surface area contributed by atoms with Crippen molar-refractivity contribution in [1.82, 2.24) is 15.0 Å². The Morgan fingerprint density at radius 1 is 1.53 bits per heavy atom. The van der Waals surface area contributed by atoms with Crippen molar-refractivity contribution in [1.29, 1.82) is 5.26 Å². The summed E-state index contributed by atoms with van der Waals surface area (Å²) in [6.45, 7) is 0.385. The van der Waals surface area contributed by atoms with Crippen molar-refractivity contribution in [3.63, 3.8) is 0 Å². The highest BCUT2D eigenvalue weighted by molar-refractivity contribution is 5.84. The van der Waals surface area contributed by atoms with Gasteiger partial charge >= 0.3 is 5.97 Å². The van der Waals surface area contributed by atoms with E-state index in [0.29, 0.717) is 12.1 Å². The Labute approximate surface area is 96.7 Å². The van der Waals surface area contributed by atoms with Crippen LogP contribution in [0.5, 0.6) is 0 Å². The van der Waals surface area contributed by atoms with Crippen LogP contribution in [0.1, 0.15) is 21.6 Å². The SMILES string of the molecule is N#Cc1cccc(Cn2cc(C(=O)O)nn2)c1. The lowest BCUT2D eigenvalue weighted by molar-refractivity contribution is 0.0690. The van der Waals surface area contributed by atoms with Gasteiger partial charge in [0.2, 0.25) is 0 Å². The van der Waals surface area contributed by atoms with Gasteiger partial charge in [-0.2, -0.15) is 5.26 Å². The zero-order chi connectivity index (χ0) is 12.3. The van der Waals surface area contributed by atoms with Crippen LogP contribution in [0.2, 0.25) is 0 Å². The Balaban J connectivity index is 2.19. The van der Waals surface area contributed by atoms with Gasteiger partial charge in [-0.3, -0.25) is 0 Å². The molecule has 0 aliphatic carbocycles. The summed E-state index contributed by atoms with van der Waals surface area (Å²) in [6, 6.07) is 9.07. The lowest BCUT2D eigenvalue weighted by Crippen LogP contribution is -2.00. The summed E-state index contributed by atoms with van der Waals surface area (Å²) in [7, 11) is 0. The summed E-state index contributed by atoms with van der Waals surface area (Å²) in [4.78, 5) is 10.6. The molecule has 1 aromatic carbocycles. The summed E-state index contributed by atoms with van der Waals surface area (Å²) >= 11 is 0. The Kier molecular flexibility index (Phi) is 2.83. The normalized spacial score (nSPS) is 9.82. The van der Waals surface area contributed by atoms with Gasteiger partial charge in [0, 0.05) is 0 Å². The zero-order valence-corrected chi connectivity index (χ0v) is 8.74. The molecule has 0 atom stereocenters. The molecular formula is C11H8N4O2. The van der Waals surface area contributed by atoms with Crippen molar-refractivity contribution >= 4 is 5.97 Å². The molecule has 2 rings (SSSR count). The zero-order valence-electron chi connectivity index (χ0n) is 8.74. The molecule has 1 heterocycles. The molecule has 17 heavy (non-hydrogen) atoms. The molecule has 84 valence electrons. The molecule has 0 unspecified atom stereocenters. The van der Waals surface area contributed by atoms with E-state index in [1.54, 1.807) is 18.2 Å². The minimum Gasteiger partial charge on any atom is -0.476 e. The number of carboxylic acid groups (broad SMARTS) is 1. The van der Waals surface area contributed by atoms with E-state index in [2.05, 4.69) is 10.3 Å². The third-order valence-corrected chi connectivity index (χ3v) is 2.16. The fourth-order valence-electron chi connectivity index (χ4n) is 1.40. The van der Waals surface area contributed by atoms with Crippen LogP contribution in [0.3, 0.4) is 0 Å². The van der Waals surface area contributed by atoms with Crippen LogP contribution < -0.4 is 0 Å². The first-order chi connectivity index (χ1) is 8.19. The molecular weight excluding hydrogens is 220 g/mol. The van der Waals surface area contributed by atoms with E-state index in [1.807, 2.05) is 12.1 Å². The Morgan fingerprint density at radius 3 is 3.00 bits per heavy atom. The van der Waals surface area contributed by atoms with Gasteiger partial charge in [0.25, 0.3) is 0 Å². The lowest BCUT2D eigenvalue weighted by Gasteiger charge is -2.00. The van der Waals surface area contributed by atoms with Crippen molar-refractivity contribution in [2.45, 2.75) is 6.54 Å². The van der Waals surface area contributed by atoms with Gasteiger partial charge in [0.1, 0.15) is 0 Å². The predicted molar refractivity (Wildman–Crippen MR) is 57.2 cm³/mol. The highest BCUT2D eigenvalue weighted by Crippen LogP contribution is 2.06. The van der Waals surface area contributed by atoms with Crippen LogP contribution in [-0.4, -0.2) is 26.1 Å². The van der Waals surface area contributed by atoms with Gasteiger partial charge in [0.15, 0.2) is 5.69 Å². The number of aromatic nitrogens is 3. The molecule has 1 aromatic heterocycles. The van der Waals surface area contributed by atoms with Crippen LogP contribution in [-0.2, 0) is 6.54 Å². The van der Waals surface area contributed by atoms with Crippen LogP contribution in [0, 0.1) is 11.3 Å². The average Bonchev–Trinajstić information content (AvgIpc) is 2.78. The molecule has 0 fully saturated rings. The molecule has 0 aliphatic rings. The van der Waals surface area contributed by atoms with E-state index in [-0.39, 0.29) is 5.69 Å². The molecule has 1 N–H and O–H groups in total. The molecule has 0 radical (unpaired) electrons. The number of benzene rings is 1. The van der Waals surface area contributed by atoms with Gasteiger partial charge in [-0.25, -0.2) is 9.48 Å². The number of aromatic carboxylic acids is 1. The van der Waals surface area contributed by atoms with Crippen LogP contribution in [0.25, 0.3) is 0 Å². The minimum atomic E-state index is -1.11. The Bertz CT molecular complexity index is 598. The van der Waals surface area contributed by atoms with Crippen molar-refractivity contribution in [2.24, 2.45) is 0 Å². The molecule has 6 nitrogen and oxygen atoms in total. The van der Waals surface area contributed by atoms with Crippen LogP contribution >= 0.6 is 0 Å². The number of hydrogen-bond acceptors (Lipinski definition) is 4. The number of carboxylic acids is 1. The van der Waals surface area contributed by atoms with Gasteiger partial charge in [-0.05, 0) is 17.7 Å². The minimum absolute atomic E-state index is 0.0959. The fourth-order valence-corrected chi connectivity index (χ4v) is 1.40. The standard InChI is InChI=1S/C11H8N4O2/c12-5-8-2-1-3-9(4-8)6-15-7-10(11(16)17)13-14-15/h1-4,7H,6H2,(H,16,17). The summed E-state index contributed by atoms with van der Waals surface area (Å²) in [5, 5.41) is 24.6. The van der Waals surface area contributed by atoms with E-state index in [1.165, 1.54) is 10.9 Å². The monoisotopic (exact) mass is 228 g/mol. The summed E-state index contributed by atoms with van der Waals surface area (Å²) in [5.41, 5.74) is 1.33. The number of nitriles is 1. The number of carbonyl (C=O) groups is 1. The predicted octanol–water partition coefficient (Wildman–Crippen LogP) is 0.896. The van der Waals surface area contributed by atoms with Gasteiger partial charge in [0.05, 0.1) is 24.4 Å². The third-order valence-electron chi connectivity index (χ3n) is 2.16. The quantitative estimate of drug-likeness (QED) is 0.842. The number of rotatable bonds is 3. The molecule has 0 aliphatic heterocycles. The van der Waals surface area contributed by atoms with Crippen LogP contribution in [0.4, 0.5) is 0 Å². The second kappa shape index (κ2) is 4.45. The molecule has 0 saturated carbocycles. The average molecular weight is 228 g/mol. The summed E-state index contributed by atoms with van der Waals surface area (Å²) in [6.07, 6.45) is 1.35. The van der Waals surface area contributed by atoms with E-state index in [9.17, 15) is 4.79 Å². The number of hydrogen-bond donors (Lipinski definition) is 1. The Morgan fingerprint density at radius 2 is 2.35 bits per heavy atom. The van der Waals surface area contributed by atoms with Crippen LogP contribution in [0.15, 0.2) is 30.5 Å². The maximum Gasteiger partial charge on any atom is 0.358 e. The van der Waals surface area contributed by atoms with E-state index in [0.717, 1.165) is 5.56 Å². The van der Waals surface area contributed by atoms with Gasteiger partial charge in [-0.1, -0.05) is 17.3 Å². The van der Waals surface area contributed by atoms with Crippen molar-refractivity contribution in [2.75, 3.05) is 0 Å². The summed E-state index contributed by atoms with van der Waals surface area (Å²) < 4.78 is 1.42. The smallest absolute Gasteiger partial charge is 0.358 e. The topological polar surface area (TPSA) is 91.8 Å². The second-order valence-corrected chi connectivity index (χ2v) is 3.42. The first kappa shape index (κ1) is 10.8. The Hall–Kier alpha value is -2.68. The maximum atomic E-state index is 10.6. The highest BCUT2D eigenvalue weighted by Gasteiger charge is 2.08. The van der Waals surface area contributed by atoms with E-state index >= 15 is 0 Å². The highest BCUT2D eigenvalue weighted by atomic mass is 16.4. The first-order valence-corrected chi connectivity index (χ1v) is 4.81. The first-order valence-electron chi connectivity index (χ1n) is 4.81. The fraction of sp³-hybridized carbons (Fsp3) is 0.0909. The molecule has 0 bridgehead atoms. The van der Waals surface area contributed by atoms with Gasteiger partial charge < -0.3 is 5.11 Å². The summed E-state index contributed by atoms with van der Waals surface area (Å²) in [5.74, 6) is -1.11. The van der Waals surface area contributed by atoms with E-state index < -0.39 is 5.97 Å². The molecule has 0 saturated heterocycles. The lowest BCUT2D eigenvalue weighted by atomic mass is 10.1.